The van der Waals surface area contributed by atoms with Crippen molar-refractivity contribution in [3.05, 3.63) is 116 Å². The maximum atomic E-state index is 5.09. The summed E-state index contributed by atoms with van der Waals surface area (Å²) in [6, 6.07) is 34.7. The molecular formula is C30H19N5. The Morgan fingerprint density at radius 2 is 1.26 bits per heavy atom. The van der Waals surface area contributed by atoms with Gasteiger partial charge in [0.1, 0.15) is 11.2 Å². The predicted molar refractivity (Wildman–Crippen MR) is 140 cm³/mol. The molecule has 5 aromatic heterocycles. The third-order valence-electron chi connectivity index (χ3n) is 6.29. The average molecular weight is 450 g/mol. The zero-order valence-corrected chi connectivity index (χ0v) is 18.7. The smallest absolute Gasteiger partial charge is 0.165 e. The Bertz CT molecular complexity index is 1840. The summed E-state index contributed by atoms with van der Waals surface area (Å²) < 4.78 is 2.05. The van der Waals surface area contributed by atoms with Crippen LogP contribution in [0.5, 0.6) is 0 Å². The molecule has 7 aromatic rings. The van der Waals surface area contributed by atoms with Crippen LogP contribution in [0.2, 0.25) is 0 Å². The lowest BCUT2D eigenvalue weighted by Gasteiger charge is -2.09. The molecule has 35 heavy (non-hydrogen) atoms. The van der Waals surface area contributed by atoms with Crippen LogP contribution < -0.4 is 0 Å². The zero-order valence-electron chi connectivity index (χ0n) is 18.7. The molecule has 0 saturated carbocycles. The molecule has 0 radical (unpaired) electrons. The van der Waals surface area contributed by atoms with Crippen molar-refractivity contribution in [3.63, 3.8) is 0 Å². The number of benzene rings is 2. The zero-order chi connectivity index (χ0) is 23.2. The summed E-state index contributed by atoms with van der Waals surface area (Å²) in [4.78, 5) is 19.2. The van der Waals surface area contributed by atoms with Crippen molar-refractivity contribution in [2.24, 2.45) is 0 Å². The number of imidazole rings is 1. The Balaban J connectivity index is 1.36. The summed E-state index contributed by atoms with van der Waals surface area (Å²) in [6.45, 7) is 0. The Labute approximate surface area is 201 Å². The van der Waals surface area contributed by atoms with Crippen LogP contribution in [0.15, 0.2) is 116 Å². The van der Waals surface area contributed by atoms with Crippen LogP contribution in [-0.2, 0) is 0 Å². The molecule has 0 aliphatic heterocycles. The van der Waals surface area contributed by atoms with Crippen LogP contribution in [0.3, 0.4) is 0 Å². The third-order valence-corrected chi connectivity index (χ3v) is 6.29. The lowest BCUT2D eigenvalue weighted by Crippen LogP contribution is -1.92. The SMILES string of the molecule is c1ccc(-c2cccc(-c3ccc(-c4nc5c(nc6ccccn65)c5ccccc45)cc3)n2)nc1. The summed E-state index contributed by atoms with van der Waals surface area (Å²) in [5.74, 6) is 0. The van der Waals surface area contributed by atoms with E-state index in [0.717, 1.165) is 61.5 Å². The molecule has 2 aromatic carbocycles. The van der Waals surface area contributed by atoms with Gasteiger partial charge >= 0.3 is 0 Å². The molecule has 0 spiro atoms. The van der Waals surface area contributed by atoms with E-state index in [4.69, 9.17) is 15.0 Å². The highest BCUT2D eigenvalue weighted by atomic mass is 15.1. The fourth-order valence-electron chi connectivity index (χ4n) is 4.60. The van der Waals surface area contributed by atoms with Gasteiger partial charge in [-0.3, -0.25) is 9.38 Å². The van der Waals surface area contributed by atoms with E-state index in [0.29, 0.717) is 0 Å². The molecular weight excluding hydrogens is 430 g/mol. The third kappa shape index (κ3) is 3.25. The normalized spacial score (nSPS) is 11.4. The molecule has 5 heterocycles. The molecule has 0 amide bonds. The fraction of sp³-hybridized carbons (Fsp3) is 0. The molecule has 0 fully saturated rings. The van der Waals surface area contributed by atoms with E-state index >= 15 is 0 Å². The molecule has 5 nitrogen and oxygen atoms in total. The first-order valence-electron chi connectivity index (χ1n) is 11.5. The highest BCUT2D eigenvalue weighted by molar-refractivity contribution is 6.09. The Hall–Kier alpha value is -4.90. The van der Waals surface area contributed by atoms with Crippen molar-refractivity contribution in [2.45, 2.75) is 0 Å². The molecule has 0 unspecified atom stereocenters. The summed E-state index contributed by atoms with van der Waals surface area (Å²) in [5, 5.41) is 2.19. The minimum Gasteiger partial charge on any atom is -0.284 e. The van der Waals surface area contributed by atoms with Crippen LogP contribution >= 0.6 is 0 Å². The van der Waals surface area contributed by atoms with Gasteiger partial charge in [0.05, 0.1) is 22.8 Å². The van der Waals surface area contributed by atoms with Crippen molar-refractivity contribution >= 4 is 27.6 Å². The van der Waals surface area contributed by atoms with Crippen molar-refractivity contribution in [2.75, 3.05) is 0 Å². The van der Waals surface area contributed by atoms with Crippen molar-refractivity contribution in [1.29, 1.82) is 0 Å². The first-order valence-corrected chi connectivity index (χ1v) is 11.5. The number of hydrogen-bond donors (Lipinski definition) is 0. The number of rotatable bonds is 3. The van der Waals surface area contributed by atoms with Crippen LogP contribution in [0, 0.1) is 0 Å². The largest absolute Gasteiger partial charge is 0.284 e. The summed E-state index contributed by atoms with van der Waals surface area (Å²) in [7, 11) is 0. The first kappa shape index (κ1) is 19.6. The van der Waals surface area contributed by atoms with Crippen molar-refractivity contribution < 1.29 is 0 Å². The first-order chi connectivity index (χ1) is 17.3. The summed E-state index contributed by atoms with van der Waals surface area (Å²) >= 11 is 0. The van der Waals surface area contributed by atoms with E-state index in [1.807, 2.05) is 65.2 Å². The molecule has 0 bridgehead atoms. The van der Waals surface area contributed by atoms with Gasteiger partial charge in [0.25, 0.3) is 0 Å². The van der Waals surface area contributed by atoms with E-state index in [1.54, 1.807) is 6.20 Å². The van der Waals surface area contributed by atoms with Crippen LogP contribution in [0.1, 0.15) is 0 Å². The number of fused-ring (bicyclic) bond motifs is 5. The number of aromatic nitrogens is 5. The highest BCUT2D eigenvalue weighted by Gasteiger charge is 2.15. The van der Waals surface area contributed by atoms with E-state index in [-0.39, 0.29) is 0 Å². The van der Waals surface area contributed by atoms with Crippen LogP contribution in [0.25, 0.3) is 61.5 Å². The summed E-state index contributed by atoms with van der Waals surface area (Å²) in [6.07, 6.45) is 3.80. The molecule has 0 N–H and O–H groups in total. The molecule has 7 rings (SSSR count). The quantitative estimate of drug-likeness (QED) is 0.297. The van der Waals surface area contributed by atoms with E-state index in [9.17, 15) is 0 Å². The minimum absolute atomic E-state index is 0.859. The van der Waals surface area contributed by atoms with Crippen molar-refractivity contribution in [3.8, 4) is 33.9 Å². The fourth-order valence-corrected chi connectivity index (χ4v) is 4.60. The Morgan fingerprint density at radius 1 is 0.514 bits per heavy atom. The summed E-state index contributed by atoms with van der Waals surface area (Å²) in [5.41, 5.74) is 8.36. The Kier molecular flexibility index (Phi) is 4.39. The van der Waals surface area contributed by atoms with Gasteiger partial charge in [0.2, 0.25) is 0 Å². The predicted octanol–water partition coefficient (Wildman–Crippen LogP) is 6.83. The van der Waals surface area contributed by atoms with E-state index < -0.39 is 0 Å². The molecule has 0 saturated heterocycles. The standard InChI is InChI=1S/C30H19N5/c1-2-9-23-22(8-1)28(34-30-29(23)33-27-13-4-6-19-35(27)30)21-16-14-20(15-17-21)24-11-7-12-26(32-24)25-10-3-5-18-31-25/h1-19H. The second-order valence-electron chi connectivity index (χ2n) is 8.42. The van der Waals surface area contributed by atoms with E-state index in [2.05, 4.69) is 53.5 Å². The number of nitrogens with zero attached hydrogens (tertiary/aromatic N) is 5. The van der Waals surface area contributed by atoms with Gasteiger partial charge in [-0.2, -0.15) is 0 Å². The lowest BCUT2D eigenvalue weighted by molar-refractivity contribution is 1.19. The van der Waals surface area contributed by atoms with Gasteiger partial charge in [-0.25, -0.2) is 15.0 Å². The van der Waals surface area contributed by atoms with Gasteiger partial charge < -0.3 is 0 Å². The molecule has 164 valence electrons. The minimum atomic E-state index is 0.859. The average Bonchev–Trinajstić information content (AvgIpc) is 3.32. The van der Waals surface area contributed by atoms with Gasteiger partial charge in [0.15, 0.2) is 5.65 Å². The maximum Gasteiger partial charge on any atom is 0.165 e. The topological polar surface area (TPSA) is 56.0 Å². The second-order valence-corrected chi connectivity index (χ2v) is 8.42. The molecule has 0 atom stereocenters. The lowest BCUT2D eigenvalue weighted by atomic mass is 10.0. The molecule has 0 aliphatic carbocycles. The van der Waals surface area contributed by atoms with Crippen molar-refractivity contribution in [1.82, 2.24) is 24.3 Å². The molecule has 5 heteroatoms. The monoisotopic (exact) mass is 449 g/mol. The van der Waals surface area contributed by atoms with Gasteiger partial charge in [-0.05, 0) is 36.4 Å². The second kappa shape index (κ2) is 7.85. The van der Waals surface area contributed by atoms with E-state index in [1.165, 1.54) is 0 Å². The number of hydrogen-bond acceptors (Lipinski definition) is 4. The van der Waals surface area contributed by atoms with Gasteiger partial charge in [0, 0.05) is 34.3 Å². The maximum absolute atomic E-state index is 5.09. The van der Waals surface area contributed by atoms with Crippen LogP contribution in [0.4, 0.5) is 0 Å². The van der Waals surface area contributed by atoms with Gasteiger partial charge in [-0.15, -0.1) is 0 Å². The number of pyridine rings is 4. The Morgan fingerprint density at radius 3 is 2.11 bits per heavy atom. The molecule has 0 aliphatic rings. The highest BCUT2D eigenvalue weighted by Crippen LogP contribution is 2.33. The van der Waals surface area contributed by atoms with Gasteiger partial charge in [-0.1, -0.05) is 66.7 Å². The van der Waals surface area contributed by atoms with Crippen LogP contribution in [-0.4, -0.2) is 24.3 Å².